The minimum Gasteiger partial charge on any atom is -0.482 e. The first kappa shape index (κ1) is 17.4. The fourth-order valence-corrected chi connectivity index (χ4v) is 4.18. The third-order valence-electron chi connectivity index (χ3n) is 4.61. The first-order valence-electron chi connectivity index (χ1n) is 8.66. The maximum atomic E-state index is 6.16. The molecule has 0 fully saturated rings. The number of thioether (sulfide) groups is 1. The van der Waals surface area contributed by atoms with Gasteiger partial charge in [-0.15, -0.1) is 11.8 Å². The van der Waals surface area contributed by atoms with Gasteiger partial charge in [0.05, 0.1) is 5.25 Å². The van der Waals surface area contributed by atoms with Crippen molar-refractivity contribution in [1.82, 2.24) is 0 Å². The van der Waals surface area contributed by atoms with Crippen LogP contribution in [0.1, 0.15) is 69.0 Å². The molecule has 1 atom stereocenters. The molecule has 1 aliphatic rings. The predicted octanol–water partition coefficient (Wildman–Crippen LogP) is 6.45. The fourth-order valence-electron chi connectivity index (χ4n) is 3.15. The summed E-state index contributed by atoms with van der Waals surface area (Å²) in [5.74, 6) is 1.81. The van der Waals surface area contributed by atoms with Crippen molar-refractivity contribution < 1.29 is 4.74 Å². The molecule has 0 N–H and O–H groups in total. The van der Waals surface area contributed by atoms with Crippen LogP contribution in [-0.2, 0) is 10.8 Å². The quantitative estimate of drug-likeness (QED) is 0.589. The van der Waals surface area contributed by atoms with Gasteiger partial charge in [-0.3, -0.25) is 0 Å². The first-order valence-corrected chi connectivity index (χ1v) is 9.71. The van der Waals surface area contributed by atoms with E-state index in [4.69, 9.17) is 4.74 Å². The zero-order valence-electron chi connectivity index (χ0n) is 15.6. The molecule has 0 saturated heterocycles. The van der Waals surface area contributed by atoms with E-state index in [0.717, 1.165) is 5.75 Å². The molecule has 1 nitrogen and oxygen atoms in total. The van der Waals surface area contributed by atoms with Crippen molar-refractivity contribution in [1.29, 1.82) is 0 Å². The molecule has 24 heavy (non-hydrogen) atoms. The van der Waals surface area contributed by atoms with Gasteiger partial charge in [0, 0.05) is 11.1 Å². The minimum absolute atomic E-state index is 0.0641. The van der Waals surface area contributed by atoms with Gasteiger partial charge in [0.1, 0.15) is 11.7 Å². The Kier molecular flexibility index (Phi) is 4.46. The highest BCUT2D eigenvalue weighted by Gasteiger charge is 2.32. The number of hydrogen-bond donors (Lipinski definition) is 0. The molecule has 0 amide bonds. The van der Waals surface area contributed by atoms with Gasteiger partial charge in [-0.2, -0.15) is 0 Å². The zero-order valence-corrected chi connectivity index (χ0v) is 16.5. The average Bonchev–Trinajstić information content (AvgIpc) is 2.52. The Morgan fingerprint density at radius 1 is 0.917 bits per heavy atom. The third kappa shape index (κ3) is 3.35. The summed E-state index contributed by atoms with van der Waals surface area (Å²) in [7, 11) is 0. The van der Waals surface area contributed by atoms with E-state index in [1.54, 1.807) is 0 Å². The molecule has 0 aromatic heterocycles. The third-order valence-corrected chi connectivity index (χ3v) is 5.73. The van der Waals surface area contributed by atoms with Gasteiger partial charge >= 0.3 is 0 Å². The van der Waals surface area contributed by atoms with E-state index in [9.17, 15) is 0 Å². The van der Waals surface area contributed by atoms with Crippen molar-refractivity contribution in [3.63, 3.8) is 0 Å². The van der Waals surface area contributed by atoms with Crippen LogP contribution in [0.2, 0.25) is 0 Å². The molecule has 128 valence electrons. The average molecular weight is 341 g/mol. The number of rotatable bonds is 1. The molecule has 1 unspecified atom stereocenters. The van der Waals surface area contributed by atoms with E-state index in [0.29, 0.717) is 11.2 Å². The summed E-state index contributed by atoms with van der Waals surface area (Å²) < 4.78 is 6.16. The van der Waals surface area contributed by atoms with Crippen LogP contribution >= 0.6 is 11.8 Å². The normalized spacial score (nSPS) is 18.0. The van der Waals surface area contributed by atoms with Crippen molar-refractivity contribution in [2.45, 2.75) is 57.6 Å². The number of ether oxygens (including phenoxy) is 1. The molecule has 1 aliphatic heterocycles. The zero-order chi connectivity index (χ0) is 17.5. The largest absolute Gasteiger partial charge is 0.482 e. The van der Waals surface area contributed by atoms with E-state index >= 15 is 0 Å². The first-order chi connectivity index (χ1) is 11.2. The second-order valence-corrected chi connectivity index (χ2v) is 9.70. The molecule has 0 radical (unpaired) electrons. The van der Waals surface area contributed by atoms with Crippen LogP contribution in [0.25, 0.3) is 0 Å². The Hall–Kier alpha value is -1.41. The number of fused-ring (bicyclic) bond motifs is 1. The van der Waals surface area contributed by atoms with Crippen molar-refractivity contribution in [3.05, 3.63) is 64.7 Å². The second-order valence-electron chi connectivity index (χ2n) is 8.66. The van der Waals surface area contributed by atoms with Crippen LogP contribution < -0.4 is 4.74 Å². The monoisotopic (exact) mass is 340 g/mol. The highest BCUT2D eigenvalue weighted by molar-refractivity contribution is 7.99. The summed E-state index contributed by atoms with van der Waals surface area (Å²) in [6.45, 7) is 13.7. The lowest BCUT2D eigenvalue weighted by atomic mass is 9.78. The lowest BCUT2D eigenvalue weighted by molar-refractivity contribution is 0.366. The van der Waals surface area contributed by atoms with Gasteiger partial charge < -0.3 is 4.74 Å². The van der Waals surface area contributed by atoms with Crippen molar-refractivity contribution in [2.24, 2.45) is 0 Å². The molecule has 1 heterocycles. The molecule has 3 rings (SSSR count). The van der Waals surface area contributed by atoms with Gasteiger partial charge in [0.15, 0.2) is 0 Å². The Balaban J connectivity index is 2.23. The summed E-state index contributed by atoms with van der Waals surface area (Å²) >= 11 is 1.88. The summed E-state index contributed by atoms with van der Waals surface area (Å²) in [6.07, 6.45) is 0. The molecular weight excluding hydrogens is 312 g/mol. The van der Waals surface area contributed by atoms with Crippen LogP contribution in [0.3, 0.4) is 0 Å². The topological polar surface area (TPSA) is 9.23 Å². The summed E-state index contributed by atoms with van der Waals surface area (Å²) in [4.78, 5) is 0. The van der Waals surface area contributed by atoms with Gasteiger partial charge in [-0.25, -0.2) is 0 Å². The SMILES string of the molecule is CC(C)(C)c1cc2c(c(C(C)(C)C)c1)OCSC2c1ccccc1. The van der Waals surface area contributed by atoms with Crippen LogP contribution in [0.4, 0.5) is 0 Å². The van der Waals surface area contributed by atoms with Crippen molar-refractivity contribution in [2.75, 3.05) is 5.94 Å². The van der Waals surface area contributed by atoms with Crippen molar-refractivity contribution in [3.8, 4) is 5.75 Å². The molecule has 0 bridgehead atoms. The lowest BCUT2D eigenvalue weighted by Crippen LogP contribution is -2.22. The Bertz CT molecular complexity index is 720. The standard InChI is InChI=1S/C22H28OS/c1-21(2,3)16-12-17-19(18(13-16)22(4,5)6)23-14-24-20(17)15-10-8-7-9-11-15/h7-13,20H,14H2,1-6H3. The molecule has 0 saturated carbocycles. The minimum atomic E-state index is 0.0641. The molecule has 0 spiro atoms. The fraction of sp³-hybridized carbons (Fsp3) is 0.455. The van der Waals surface area contributed by atoms with E-state index in [2.05, 4.69) is 84.0 Å². The van der Waals surface area contributed by atoms with Crippen LogP contribution in [0.15, 0.2) is 42.5 Å². The Morgan fingerprint density at radius 3 is 2.17 bits per heavy atom. The van der Waals surface area contributed by atoms with Crippen molar-refractivity contribution >= 4 is 11.8 Å². The van der Waals surface area contributed by atoms with Gasteiger partial charge in [0.25, 0.3) is 0 Å². The van der Waals surface area contributed by atoms with Crippen LogP contribution in [-0.4, -0.2) is 5.94 Å². The van der Waals surface area contributed by atoms with Gasteiger partial charge in [-0.05, 0) is 22.0 Å². The molecule has 0 aliphatic carbocycles. The highest BCUT2D eigenvalue weighted by Crippen LogP contribution is 2.49. The maximum absolute atomic E-state index is 6.16. The molecule has 2 aromatic carbocycles. The molecular formula is C22H28OS. The Labute approximate surface area is 150 Å². The summed E-state index contributed by atoms with van der Waals surface area (Å²) in [5.41, 5.74) is 5.59. The van der Waals surface area contributed by atoms with Crippen LogP contribution in [0.5, 0.6) is 5.75 Å². The van der Waals surface area contributed by atoms with Crippen LogP contribution in [0, 0.1) is 0 Å². The second kappa shape index (κ2) is 6.15. The van der Waals surface area contributed by atoms with Gasteiger partial charge in [0.2, 0.25) is 0 Å². The smallest absolute Gasteiger partial charge is 0.135 e. The predicted molar refractivity (Wildman–Crippen MR) is 105 cm³/mol. The summed E-state index contributed by atoms with van der Waals surface area (Å²) in [5, 5.41) is 0.346. The highest BCUT2D eigenvalue weighted by atomic mass is 32.2. The summed E-state index contributed by atoms with van der Waals surface area (Å²) in [6, 6.07) is 15.5. The molecule has 2 aromatic rings. The number of benzene rings is 2. The number of hydrogen-bond acceptors (Lipinski definition) is 2. The van der Waals surface area contributed by atoms with E-state index < -0.39 is 0 Å². The van der Waals surface area contributed by atoms with Gasteiger partial charge in [-0.1, -0.05) is 84.0 Å². The Morgan fingerprint density at radius 2 is 1.58 bits per heavy atom. The molecule has 2 heteroatoms. The lowest BCUT2D eigenvalue weighted by Gasteiger charge is -2.34. The van der Waals surface area contributed by atoms with E-state index in [1.807, 2.05) is 11.8 Å². The van der Waals surface area contributed by atoms with E-state index in [1.165, 1.54) is 22.3 Å². The van der Waals surface area contributed by atoms with E-state index in [-0.39, 0.29) is 10.8 Å². The maximum Gasteiger partial charge on any atom is 0.135 e.